The van der Waals surface area contributed by atoms with E-state index in [4.69, 9.17) is 0 Å². The van der Waals surface area contributed by atoms with Gasteiger partial charge < -0.3 is 10.6 Å². The third-order valence-electron chi connectivity index (χ3n) is 3.57. The van der Waals surface area contributed by atoms with E-state index in [0.29, 0.717) is 24.9 Å². The number of benzene rings is 1. The maximum atomic E-state index is 11.9. The molecule has 1 aliphatic heterocycles. The van der Waals surface area contributed by atoms with E-state index < -0.39 is 0 Å². The van der Waals surface area contributed by atoms with Crippen molar-refractivity contribution in [3.05, 3.63) is 35.4 Å². The van der Waals surface area contributed by atoms with Crippen LogP contribution >= 0.6 is 11.8 Å². The molecule has 20 heavy (non-hydrogen) atoms. The second-order valence-corrected chi connectivity index (χ2v) is 6.75. The highest BCUT2D eigenvalue weighted by Crippen LogP contribution is 2.14. The molecule has 1 fully saturated rings. The van der Waals surface area contributed by atoms with E-state index in [1.165, 1.54) is 5.56 Å². The zero-order chi connectivity index (χ0) is 14.4. The lowest BCUT2D eigenvalue weighted by molar-refractivity contribution is -0.121. The highest BCUT2D eigenvalue weighted by Gasteiger charge is 2.16. The molecule has 1 heterocycles. The van der Waals surface area contributed by atoms with Gasteiger partial charge in [-0.25, -0.2) is 0 Å². The summed E-state index contributed by atoms with van der Waals surface area (Å²) in [6.45, 7) is 6.01. The number of carbonyl (C=O) groups is 1. The van der Waals surface area contributed by atoms with E-state index in [2.05, 4.69) is 48.7 Å². The summed E-state index contributed by atoms with van der Waals surface area (Å²) < 4.78 is 0. The highest BCUT2D eigenvalue weighted by atomic mass is 32.2. The molecule has 1 amide bonds. The Morgan fingerprint density at radius 3 is 2.75 bits per heavy atom. The molecule has 1 aliphatic rings. The van der Waals surface area contributed by atoms with Crippen LogP contribution in [0.1, 0.15) is 37.3 Å². The Balaban J connectivity index is 1.74. The molecule has 4 heteroatoms. The fraction of sp³-hybridized carbons (Fsp3) is 0.562. The van der Waals surface area contributed by atoms with Crippen molar-refractivity contribution >= 4 is 17.7 Å². The quantitative estimate of drug-likeness (QED) is 0.876. The zero-order valence-electron chi connectivity index (χ0n) is 12.3. The lowest BCUT2D eigenvalue weighted by Gasteiger charge is -2.22. The van der Waals surface area contributed by atoms with Crippen molar-refractivity contribution in [1.29, 1.82) is 0 Å². The highest BCUT2D eigenvalue weighted by molar-refractivity contribution is 7.99. The Morgan fingerprint density at radius 2 is 2.15 bits per heavy atom. The van der Waals surface area contributed by atoms with Gasteiger partial charge in [0.2, 0.25) is 5.91 Å². The van der Waals surface area contributed by atoms with E-state index in [0.717, 1.165) is 23.6 Å². The van der Waals surface area contributed by atoms with Crippen LogP contribution in [0, 0.1) is 0 Å². The molecule has 0 bridgehead atoms. The van der Waals surface area contributed by atoms with Crippen LogP contribution < -0.4 is 10.6 Å². The van der Waals surface area contributed by atoms with Crippen molar-refractivity contribution in [2.75, 3.05) is 18.1 Å². The Bertz CT molecular complexity index is 425. The van der Waals surface area contributed by atoms with Crippen molar-refractivity contribution in [3.63, 3.8) is 0 Å². The lowest BCUT2D eigenvalue weighted by Crippen LogP contribution is -2.41. The minimum absolute atomic E-state index is 0.137. The molecule has 1 aromatic carbocycles. The molecule has 0 saturated carbocycles. The molecule has 1 saturated heterocycles. The molecule has 1 atom stereocenters. The molecule has 0 spiro atoms. The molecule has 110 valence electrons. The van der Waals surface area contributed by atoms with Gasteiger partial charge in [0.1, 0.15) is 0 Å². The van der Waals surface area contributed by atoms with Crippen molar-refractivity contribution in [2.24, 2.45) is 0 Å². The zero-order valence-corrected chi connectivity index (χ0v) is 13.1. The second kappa shape index (κ2) is 7.70. The smallest absolute Gasteiger partial charge is 0.221 e. The fourth-order valence-corrected chi connectivity index (χ4v) is 3.22. The fourth-order valence-electron chi connectivity index (χ4n) is 2.27. The average Bonchev–Trinajstić information content (AvgIpc) is 2.46. The lowest BCUT2D eigenvalue weighted by atomic mass is 10.0. The third kappa shape index (κ3) is 4.84. The van der Waals surface area contributed by atoms with Crippen molar-refractivity contribution in [1.82, 2.24) is 10.6 Å². The summed E-state index contributed by atoms with van der Waals surface area (Å²) in [5.74, 6) is 2.88. The molecule has 0 aromatic heterocycles. The summed E-state index contributed by atoms with van der Waals surface area (Å²) in [6, 6.07) is 8.82. The topological polar surface area (TPSA) is 41.1 Å². The number of rotatable bonds is 5. The molecule has 0 radical (unpaired) electrons. The van der Waals surface area contributed by atoms with Crippen LogP contribution in [0.2, 0.25) is 0 Å². The van der Waals surface area contributed by atoms with Crippen LogP contribution in [0.25, 0.3) is 0 Å². The van der Waals surface area contributed by atoms with Gasteiger partial charge in [-0.2, -0.15) is 11.8 Å². The molecule has 1 unspecified atom stereocenters. The van der Waals surface area contributed by atoms with E-state index in [1.54, 1.807) is 0 Å². The number of amides is 1. The Morgan fingerprint density at radius 1 is 1.40 bits per heavy atom. The monoisotopic (exact) mass is 292 g/mol. The van der Waals surface area contributed by atoms with Crippen LogP contribution in [0.3, 0.4) is 0 Å². The van der Waals surface area contributed by atoms with E-state index in [9.17, 15) is 4.79 Å². The maximum Gasteiger partial charge on any atom is 0.221 e. The molecule has 2 N–H and O–H groups in total. The first-order valence-corrected chi connectivity index (χ1v) is 8.47. The first kappa shape index (κ1) is 15.4. The largest absolute Gasteiger partial charge is 0.352 e. The molecular weight excluding hydrogens is 268 g/mol. The van der Waals surface area contributed by atoms with Crippen molar-refractivity contribution in [2.45, 2.75) is 38.8 Å². The molecular formula is C16H24N2OS. The minimum atomic E-state index is 0.137. The van der Waals surface area contributed by atoms with Gasteiger partial charge in [0.05, 0.1) is 0 Å². The van der Waals surface area contributed by atoms with Gasteiger partial charge >= 0.3 is 0 Å². The van der Waals surface area contributed by atoms with Gasteiger partial charge in [-0.1, -0.05) is 38.1 Å². The summed E-state index contributed by atoms with van der Waals surface area (Å²) in [5, 5.41) is 6.39. The summed E-state index contributed by atoms with van der Waals surface area (Å²) in [7, 11) is 0. The molecule has 0 aliphatic carbocycles. The van der Waals surface area contributed by atoms with Crippen LogP contribution in [-0.4, -0.2) is 30.0 Å². The van der Waals surface area contributed by atoms with Crippen LogP contribution in [0.5, 0.6) is 0 Å². The van der Waals surface area contributed by atoms with E-state index >= 15 is 0 Å². The standard InChI is InChI=1S/C16H24N2OS/c1-12(2)14-5-3-13(4-6-14)10-18-16(19)9-15-11-20-8-7-17-15/h3-6,12,15,17H,7-11H2,1-2H3,(H,18,19). The normalized spacial score (nSPS) is 19.1. The summed E-state index contributed by atoms with van der Waals surface area (Å²) in [5.41, 5.74) is 2.50. The van der Waals surface area contributed by atoms with Crippen molar-refractivity contribution in [3.8, 4) is 0 Å². The van der Waals surface area contributed by atoms with Gasteiger partial charge in [-0.3, -0.25) is 4.79 Å². The van der Waals surface area contributed by atoms with Gasteiger partial charge in [0.15, 0.2) is 0 Å². The Labute approximate surface area is 125 Å². The summed E-state index contributed by atoms with van der Waals surface area (Å²) >= 11 is 1.92. The predicted octanol–water partition coefficient (Wildman–Crippen LogP) is 2.52. The van der Waals surface area contributed by atoms with Gasteiger partial charge in [-0.05, 0) is 17.0 Å². The van der Waals surface area contributed by atoms with E-state index in [1.807, 2.05) is 11.8 Å². The van der Waals surface area contributed by atoms with Gasteiger partial charge in [-0.15, -0.1) is 0 Å². The van der Waals surface area contributed by atoms with Crippen molar-refractivity contribution < 1.29 is 4.79 Å². The van der Waals surface area contributed by atoms with Crippen LogP contribution in [0.15, 0.2) is 24.3 Å². The SMILES string of the molecule is CC(C)c1ccc(CNC(=O)CC2CSCCN2)cc1. The van der Waals surface area contributed by atoms with Crippen LogP contribution in [-0.2, 0) is 11.3 Å². The predicted molar refractivity (Wildman–Crippen MR) is 86.1 cm³/mol. The summed E-state index contributed by atoms with van der Waals surface area (Å²) in [6.07, 6.45) is 0.580. The first-order chi connectivity index (χ1) is 9.65. The number of thioether (sulfide) groups is 1. The maximum absolute atomic E-state index is 11.9. The number of nitrogens with one attached hydrogen (secondary N) is 2. The molecule has 2 rings (SSSR count). The Hall–Kier alpha value is -1.00. The minimum Gasteiger partial charge on any atom is -0.352 e. The van der Waals surface area contributed by atoms with Crippen LogP contribution in [0.4, 0.5) is 0 Å². The number of hydrogen-bond donors (Lipinski definition) is 2. The molecule has 3 nitrogen and oxygen atoms in total. The number of hydrogen-bond acceptors (Lipinski definition) is 3. The first-order valence-electron chi connectivity index (χ1n) is 7.32. The Kier molecular flexibility index (Phi) is 5.92. The van der Waals surface area contributed by atoms with Gasteiger partial charge in [0, 0.05) is 37.1 Å². The summed E-state index contributed by atoms with van der Waals surface area (Å²) in [4.78, 5) is 11.9. The third-order valence-corrected chi connectivity index (χ3v) is 4.70. The number of carbonyl (C=O) groups excluding carboxylic acids is 1. The molecule has 1 aromatic rings. The van der Waals surface area contributed by atoms with E-state index in [-0.39, 0.29) is 5.91 Å². The average molecular weight is 292 g/mol. The van der Waals surface area contributed by atoms with Gasteiger partial charge in [0.25, 0.3) is 0 Å². The second-order valence-electron chi connectivity index (χ2n) is 5.60.